The molecule has 19 heteroatoms. The van der Waals surface area contributed by atoms with Crippen molar-refractivity contribution in [3.63, 3.8) is 0 Å². The number of primary amides is 1. The summed E-state index contributed by atoms with van der Waals surface area (Å²) >= 11 is 0. The first-order valence-corrected chi connectivity index (χ1v) is 25.6. The molecular weight excluding hydrogens is 911 g/mol. The Hall–Kier alpha value is -4.85. The van der Waals surface area contributed by atoms with Crippen LogP contribution in [0.2, 0.25) is 0 Å². The summed E-state index contributed by atoms with van der Waals surface area (Å²) in [6.07, 6.45) is 0.134. The summed E-state index contributed by atoms with van der Waals surface area (Å²) in [6.45, 7) is 21.5. The van der Waals surface area contributed by atoms with Crippen molar-refractivity contribution in [2.24, 2.45) is 41.2 Å². The number of urea groups is 1. The fraction of sp³-hybridized carbons (Fsp3) is 0.750. The van der Waals surface area contributed by atoms with E-state index in [4.69, 9.17) is 15.2 Å². The predicted octanol–water partition coefficient (Wildman–Crippen LogP) is 4.04. The zero-order valence-corrected chi connectivity index (χ0v) is 45.7. The normalized spacial score (nSPS) is 18.6. The average Bonchev–Trinajstić information content (AvgIpc) is 3.80. The van der Waals surface area contributed by atoms with Crippen molar-refractivity contribution >= 4 is 47.2 Å². The van der Waals surface area contributed by atoms with Gasteiger partial charge in [-0.25, -0.2) is 4.79 Å². The third-order valence-electron chi connectivity index (χ3n) is 14.3. The molecule has 1 aliphatic heterocycles. The van der Waals surface area contributed by atoms with E-state index in [0.29, 0.717) is 43.5 Å². The Bertz CT molecular complexity index is 1870. The van der Waals surface area contributed by atoms with Gasteiger partial charge in [-0.05, 0) is 88.1 Å². The van der Waals surface area contributed by atoms with Gasteiger partial charge in [-0.2, -0.15) is 0 Å². The molecule has 8 amide bonds. The molecule has 404 valence electrons. The molecule has 1 aromatic rings. The number of aliphatic hydroxyl groups is 1. The number of ether oxygens (including phenoxy) is 2. The lowest BCUT2D eigenvalue weighted by Crippen LogP contribution is -2.59. The Morgan fingerprint density at radius 2 is 1.39 bits per heavy atom. The van der Waals surface area contributed by atoms with Crippen molar-refractivity contribution in [1.82, 2.24) is 36.0 Å². The quantitative estimate of drug-likeness (QED) is 0.0564. The topological polar surface area (TPSA) is 254 Å². The molecule has 0 aromatic heterocycles. The maximum absolute atomic E-state index is 14.4. The van der Waals surface area contributed by atoms with Crippen molar-refractivity contribution in [3.8, 4) is 0 Å². The summed E-state index contributed by atoms with van der Waals surface area (Å²) in [5, 5.41) is 25.5. The van der Waals surface area contributed by atoms with E-state index >= 15 is 0 Å². The fourth-order valence-electron chi connectivity index (χ4n) is 9.52. The molecule has 0 radical (unpaired) electrons. The van der Waals surface area contributed by atoms with E-state index in [9.17, 15) is 38.7 Å². The van der Waals surface area contributed by atoms with Crippen LogP contribution in [0.3, 0.4) is 0 Å². The molecule has 1 heterocycles. The van der Waals surface area contributed by atoms with Crippen LogP contribution in [-0.4, -0.2) is 158 Å². The standard InChI is InChI=1S/C52H91N9O10/c1-17-32(8)44(60(14)51(68)42(30(4)5)58-50(67)43(31(6)7)59(12)13)40(70-15)28-41(62)61-27-19-21-39(61)46(71-16)34(10)48(65)55-35(11)45(63)36-22-24-37(25-23-36)56-49(66)38(20-18-26-54-52(53)69)57-47(64)33(9)29(2)3/h22-25,29-35,38-40,42-46,63H,17-21,26-28H2,1-16H3,(H,55,65)(H,56,66)(H,57,64)(H,58,67)(H3,53,54,69)/t32-,33-,34+,35+,38-,39-,40+,42+,43?,44?,45+,46+/m0/s1. The Balaban J connectivity index is 2.19. The number of rotatable bonds is 29. The molecule has 1 fully saturated rings. The zero-order valence-electron chi connectivity index (χ0n) is 45.7. The van der Waals surface area contributed by atoms with Gasteiger partial charge in [-0.1, -0.05) is 87.8 Å². The third-order valence-corrected chi connectivity index (χ3v) is 14.3. The molecule has 1 saturated heterocycles. The summed E-state index contributed by atoms with van der Waals surface area (Å²) < 4.78 is 12.0. The summed E-state index contributed by atoms with van der Waals surface area (Å²) in [6, 6.07) is 2.06. The number of nitrogens with two attached hydrogens (primary N) is 1. The minimum Gasteiger partial charge on any atom is -0.386 e. The van der Waals surface area contributed by atoms with Crippen molar-refractivity contribution in [3.05, 3.63) is 29.8 Å². The van der Waals surface area contributed by atoms with Gasteiger partial charge in [0.1, 0.15) is 12.1 Å². The van der Waals surface area contributed by atoms with E-state index in [1.165, 1.54) is 14.2 Å². The maximum Gasteiger partial charge on any atom is 0.312 e. The molecule has 0 bridgehead atoms. The van der Waals surface area contributed by atoms with Crippen LogP contribution in [0.1, 0.15) is 126 Å². The van der Waals surface area contributed by atoms with Crippen molar-refractivity contribution < 1.29 is 48.1 Å². The molecule has 2 unspecified atom stereocenters. The van der Waals surface area contributed by atoms with E-state index in [2.05, 4.69) is 26.6 Å². The van der Waals surface area contributed by atoms with Crippen LogP contribution in [0.4, 0.5) is 10.5 Å². The number of aliphatic hydroxyl groups excluding tert-OH is 1. The zero-order chi connectivity index (χ0) is 54.0. The molecule has 12 atom stereocenters. The van der Waals surface area contributed by atoms with Crippen LogP contribution in [0.5, 0.6) is 0 Å². The van der Waals surface area contributed by atoms with Gasteiger partial charge >= 0.3 is 6.03 Å². The molecular formula is C52H91N9O10. The number of anilines is 1. The van der Waals surface area contributed by atoms with Crippen molar-refractivity contribution in [2.75, 3.05) is 53.8 Å². The molecule has 0 spiro atoms. The Morgan fingerprint density at radius 1 is 0.789 bits per heavy atom. The summed E-state index contributed by atoms with van der Waals surface area (Å²) in [5.74, 6) is -3.02. The lowest BCUT2D eigenvalue weighted by molar-refractivity contribution is -0.148. The number of likely N-dealkylation sites (N-methyl/N-ethyl adjacent to an activating group) is 2. The minimum atomic E-state index is -1.12. The summed E-state index contributed by atoms with van der Waals surface area (Å²) in [7, 11) is 8.45. The van der Waals surface area contributed by atoms with Gasteiger partial charge in [0, 0.05) is 46.0 Å². The number of nitrogens with one attached hydrogen (secondary N) is 5. The molecule has 0 aliphatic carbocycles. The van der Waals surface area contributed by atoms with Gasteiger partial charge in [0.25, 0.3) is 0 Å². The molecule has 8 N–H and O–H groups in total. The number of hydrogen-bond donors (Lipinski definition) is 7. The van der Waals surface area contributed by atoms with Gasteiger partial charge in [0.05, 0.1) is 54.8 Å². The lowest BCUT2D eigenvalue weighted by atomic mass is 9.89. The Morgan fingerprint density at radius 3 is 1.90 bits per heavy atom. The van der Waals surface area contributed by atoms with Crippen LogP contribution in [0.15, 0.2) is 24.3 Å². The second kappa shape index (κ2) is 29.6. The monoisotopic (exact) mass is 1000 g/mol. The SMILES string of the molecule is CC[C@H](C)C([C@@H](CC(=O)N1CCC[C@H]1[C@H](OC)[C@@H](C)C(=O)N[C@H](C)[C@@H](O)c1ccc(NC(=O)[C@H](CCCNC(N)=O)NC(=O)[C@@H](C)C(C)C)cc1)OC)N(C)C(=O)[C@H](NC(=O)C(C(C)C)N(C)C)C(C)C. The number of amides is 8. The molecule has 1 aromatic carbocycles. The van der Waals surface area contributed by atoms with E-state index < -0.39 is 72.4 Å². The summed E-state index contributed by atoms with van der Waals surface area (Å²) in [5.41, 5.74) is 6.08. The van der Waals surface area contributed by atoms with E-state index in [-0.39, 0.29) is 78.5 Å². The minimum absolute atomic E-state index is 0.0174. The average molecular weight is 1000 g/mol. The first kappa shape index (κ1) is 62.3. The molecule has 1 aliphatic rings. The lowest BCUT2D eigenvalue weighted by Gasteiger charge is -2.41. The highest BCUT2D eigenvalue weighted by Gasteiger charge is 2.43. The van der Waals surface area contributed by atoms with Crippen molar-refractivity contribution in [2.45, 2.75) is 169 Å². The van der Waals surface area contributed by atoms with Gasteiger partial charge in [0.2, 0.25) is 35.4 Å². The van der Waals surface area contributed by atoms with Gasteiger partial charge in [-0.15, -0.1) is 0 Å². The first-order chi connectivity index (χ1) is 33.2. The number of methoxy groups -OCH3 is 2. The largest absolute Gasteiger partial charge is 0.386 e. The predicted molar refractivity (Wildman–Crippen MR) is 276 cm³/mol. The van der Waals surface area contributed by atoms with E-state index in [1.807, 2.05) is 74.4 Å². The summed E-state index contributed by atoms with van der Waals surface area (Å²) in [4.78, 5) is 98.8. The van der Waals surface area contributed by atoms with Crippen LogP contribution in [0, 0.1) is 35.5 Å². The van der Waals surface area contributed by atoms with Crippen LogP contribution >= 0.6 is 0 Å². The second-order valence-corrected chi connectivity index (χ2v) is 20.9. The molecule has 2 rings (SSSR count). The third kappa shape index (κ3) is 18.0. The van der Waals surface area contributed by atoms with Crippen LogP contribution in [0.25, 0.3) is 0 Å². The first-order valence-electron chi connectivity index (χ1n) is 25.6. The molecule has 19 nitrogen and oxygen atoms in total. The van der Waals surface area contributed by atoms with Gasteiger partial charge < -0.3 is 56.7 Å². The van der Waals surface area contributed by atoms with Gasteiger partial charge in [-0.3, -0.25) is 33.7 Å². The van der Waals surface area contributed by atoms with E-state index in [1.54, 1.807) is 61.9 Å². The molecule has 0 saturated carbocycles. The number of nitrogens with zero attached hydrogens (tertiary/aromatic N) is 3. The highest BCUT2D eigenvalue weighted by Crippen LogP contribution is 2.30. The number of carbonyl (C=O) groups excluding carboxylic acids is 7. The van der Waals surface area contributed by atoms with Gasteiger partial charge in [0.15, 0.2) is 0 Å². The highest BCUT2D eigenvalue weighted by molar-refractivity contribution is 5.97. The number of benzene rings is 1. The number of hydrogen-bond acceptors (Lipinski definition) is 11. The second-order valence-electron chi connectivity index (χ2n) is 20.9. The number of carbonyl (C=O) groups is 7. The van der Waals surface area contributed by atoms with E-state index in [0.717, 1.165) is 0 Å². The number of likely N-dealkylation sites (tertiary alicyclic amines) is 1. The Labute approximate surface area is 424 Å². The molecule has 71 heavy (non-hydrogen) atoms. The Kier molecular flexibility index (Phi) is 26.0. The van der Waals surface area contributed by atoms with Crippen molar-refractivity contribution in [1.29, 1.82) is 0 Å². The van der Waals surface area contributed by atoms with Crippen LogP contribution < -0.4 is 32.3 Å². The highest BCUT2D eigenvalue weighted by atomic mass is 16.5. The fourth-order valence-corrected chi connectivity index (χ4v) is 9.52. The van der Waals surface area contributed by atoms with Crippen LogP contribution in [-0.2, 0) is 38.2 Å². The maximum atomic E-state index is 14.4. The smallest absolute Gasteiger partial charge is 0.312 e.